The first-order chi connectivity index (χ1) is 3.00. The molecular formula is C5H9BFN. The molecule has 0 saturated carbocycles. The van der Waals surface area contributed by atoms with Crippen molar-refractivity contribution in [3.05, 3.63) is 30.6 Å². The molecule has 1 aromatic heterocycles. The van der Waals surface area contributed by atoms with Gasteiger partial charge in [-0.2, -0.15) is 0 Å². The van der Waals surface area contributed by atoms with E-state index in [4.69, 9.17) is 0 Å². The van der Waals surface area contributed by atoms with Crippen LogP contribution in [0.15, 0.2) is 30.6 Å². The van der Waals surface area contributed by atoms with Gasteiger partial charge in [-0.05, 0) is 12.1 Å². The largest absolute Gasteiger partial charge is 0.269 e. The minimum Gasteiger partial charge on any atom is -0.269 e. The highest BCUT2D eigenvalue weighted by Crippen LogP contribution is 1.73. The maximum Gasteiger partial charge on any atom is 0.0814 e. The van der Waals surface area contributed by atoms with E-state index in [1.165, 1.54) is 0 Å². The minimum absolute atomic E-state index is 0. The summed E-state index contributed by atoms with van der Waals surface area (Å²) in [6, 6.07) is 5.72. The Bertz CT molecular complexity index is 84.4. The molecule has 0 aliphatic heterocycles. The molecule has 3 heteroatoms. The molecule has 0 fully saturated rings. The third-order valence-corrected chi connectivity index (χ3v) is 0.566. The molecule has 1 rings (SSSR count). The smallest absolute Gasteiger partial charge is 0.0814 e. The summed E-state index contributed by atoms with van der Waals surface area (Å²) in [6.07, 6.45) is 3.50. The lowest BCUT2D eigenvalue weighted by atomic mass is 10.5. The summed E-state index contributed by atoms with van der Waals surface area (Å²) in [5.74, 6) is 0. The predicted molar refractivity (Wildman–Crippen MR) is 36.7 cm³/mol. The monoisotopic (exact) mass is 113 g/mol. The van der Waals surface area contributed by atoms with Crippen molar-refractivity contribution >= 4 is 8.41 Å². The van der Waals surface area contributed by atoms with Crippen molar-refractivity contribution in [2.24, 2.45) is 0 Å². The Balaban J connectivity index is 0. The highest BCUT2D eigenvalue weighted by Gasteiger charge is 1.58. The first-order valence-corrected chi connectivity index (χ1v) is 1.85. The molecule has 0 atom stereocenters. The first kappa shape index (κ1) is 10.2. The van der Waals surface area contributed by atoms with Gasteiger partial charge in [0.25, 0.3) is 0 Å². The molecule has 1 heterocycles. The van der Waals surface area contributed by atoms with Crippen LogP contribution in [-0.2, 0) is 0 Å². The average Bonchev–Trinajstić information content (AvgIpc) is 1.72. The molecule has 0 amide bonds. The molecule has 0 aliphatic rings. The van der Waals surface area contributed by atoms with Crippen LogP contribution < -0.4 is 0 Å². The van der Waals surface area contributed by atoms with Crippen molar-refractivity contribution in [1.82, 2.24) is 4.98 Å². The molecule has 0 spiro atoms. The maximum atomic E-state index is 3.78. The fraction of sp³-hybridized carbons (Fsp3) is 0. The summed E-state index contributed by atoms with van der Waals surface area (Å²) < 4.78 is 0. The van der Waals surface area contributed by atoms with Gasteiger partial charge >= 0.3 is 0 Å². The highest BCUT2D eigenvalue weighted by molar-refractivity contribution is 5.75. The van der Waals surface area contributed by atoms with Crippen LogP contribution in [0.5, 0.6) is 0 Å². The summed E-state index contributed by atoms with van der Waals surface area (Å²) in [5, 5.41) is 0. The van der Waals surface area contributed by atoms with Crippen LogP contribution in [-0.4, -0.2) is 13.4 Å². The zero-order chi connectivity index (χ0) is 4.24. The van der Waals surface area contributed by atoms with Crippen LogP contribution in [0.2, 0.25) is 0 Å². The van der Waals surface area contributed by atoms with E-state index < -0.39 is 0 Å². The maximum absolute atomic E-state index is 3.78. The Morgan fingerprint density at radius 3 is 1.50 bits per heavy atom. The zero-order valence-electron chi connectivity index (χ0n) is 3.74. The first-order valence-electron chi connectivity index (χ1n) is 1.85. The van der Waals surface area contributed by atoms with E-state index in [9.17, 15) is 0 Å². The van der Waals surface area contributed by atoms with Gasteiger partial charge in [-0.3, -0.25) is 9.69 Å². The van der Waals surface area contributed by atoms with Gasteiger partial charge in [-0.15, -0.1) is 0 Å². The van der Waals surface area contributed by atoms with E-state index in [1.807, 2.05) is 18.2 Å². The molecule has 0 saturated heterocycles. The Morgan fingerprint density at radius 2 is 1.38 bits per heavy atom. The number of aromatic nitrogens is 1. The van der Waals surface area contributed by atoms with Crippen molar-refractivity contribution in [2.45, 2.75) is 0 Å². The second kappa shape index (κ2) is 6.14. The van der Waals surface area contributed by atoms with Gasteiger partial charge in [-0.25, -0.2) is 0 Å². The number of hydrogen-bond acceptors (Lipinski definition) is 1. The fourth-order valence-electron chi connectivity index (χ4n) is 0.313. The summed E-state index contributed by atoms with van der Waals surface area (Å²) in [4.78, 5) is 3.78. The number of hydrogen-bond donors (Lipinski definition) is 0. The SMILES string of the molecule is B.F.c1ccncc1. The molecule has 1 aromatic rings. The third-order valence-electron chi connectivity index (χ3n) is 0.566. The molecule has 8 heavy (non-hydrogen) atoms. The zero-order valence-corrected chi connectivity index (χ0v) is 3.74. The summed E-state index contributed by atoms with van der Waals surface area (Å²) in [7, 11) is 0. The lowest BCUT2D eigenvalue weighted by Crippen LogP contribution is -1.58. The minimum atomic E-state index is 0. The van der Waals surface area contributed by atoms with Gasteiger partial charge in [-0.1, -0.05) is 6.07 Å². The van der Waals surface area contributed by atoms with Crippen LogP contribution >= 0.6 is 0 Å². The van der Waals surface area contributed by atoms with E-state index in [1.54, 1.807) is 12.4 Å². The molecule has 0 bridgehead atoms. The van der Waals surface area contributed by atoms with Crippen molar-refractivity contribution in [2.75, 3.05) is 0 Å². The van der Waals surface area contributed by atoms with Gasteiger partial charge in [0.15, 0.2) is 0 Å². The van der Waals surface area contributed by atoms with E-state index >= 15 is 0 Å². The standard InChI is InChI=1S/C5H5N.BH3.FH/c1-2-4-6-5-3-1;;/h1-5H;1H3;1H. The topological polar surface area (TPSA) is 12.9 Å². The van der Waals surface area contributed by atoms with E-state index in [-0.39, 0.29) is 13.1 Å². The molecule has 1 nitrogen and oxygen atoms in total. The quantitative estimate of drug-likeness (QED) is 0.433. The Kier molecular flexibility index (Phi) is 7.83. The number of halogens is 1. The van der Waals surface area contributed by atoms with Crippen LogP contribution in [0.4, 0.5) is 4.70 Å². The molecule has 0 unspecified atom stereocenters. The second-order valence-electron chi connectivity index (χ2n) is 1.02. The molecular weight excluding hydrogens is 104 g/mol. The van der Waals surface area contributed by atoms with Crippen molar-refractivity contribution in [1.29, 1.82) is 0 Å². The highest BCUT2D eigenvalue weighted by atomic mass is 19.0. The van der Waals surface area contributed by atoms with Crippen LogP contribution in [0.1, 0.15) is 0 Å². The van der Waals surface area contributed by atoms with Gasteiger partial charge < -0.3 is 0 Å². The number of nitrogens with zero attached hydrogens (tertiary/aromatic N) is 1. The van der Waals surface area contributed by atoms with Crippen LogP contribution in [0.25, 0.3) is 0 Å². The van der Waals surface area contributed by atoms with E-state index in [0.717, 1.165) is 0 Å². The van der Waals surface area contributed by atoms with Crippen LogP contribution in [0, 0.1) is 0 Å². The van der Waals surface area contributed by atoms with Crippen molar-refractivity contribution < 1.29 is 4.70 Å². The molecule has 0 aliphatic carbocycles. The Hall–Kier alpha value is -0.855. The molecule has 0 N–H and O–H groups in total. The second-order valence-corrected chi connectivity index (χ2v) is 1.02. The van der Waals surface area contributed by atoms with Gasteiger partial charge in [0.05, 0.1) is 8.41 Å². The fourth-order valence-corrected chi connectivity index (χ4v) is 0.313. The molecule has 0 radical (unpaired) electrons. The van der Waals surface area contributed by atoms with Gasteiger partial charge in [0.1, 0.15) is 0 Å². The molecule has 0 aromatic carbocycles. The lowest BCUT2D eigenvalue weighted by molar-refractivity contribution is 1.11. The summed E-state index contributed by atoms with van der Waals surface area (Å²) in [5.41, 5.74) is 0. The Labute approximate surface area is 49.7 Å². The van der Waals surface area contributed by atoms with Crippen LogP contribution in [0.3, 0.4) is 0 Å². The Morgan fingerprint density at radius 1 is 0.875 bits per heavy atom. The number of rotatable bonds is 0. The lowest BCUT2D eigenvalue weighted by Gasteiger charge is -1.70. The summed E-state index contributed by atoms with van der Waals surface area (Å²) >= 11 is 0. The van der Waals surface area contributed by atoms with E-state index in [0.29, 0.717) is 0 Å². The average molecular weight is 113 g/mol. The number of pyridine rings is 1. The van der Waals surface area contributed by atoms with Gasteiger partial charge in [0.2, 0.25) is 0 Å². The van der Waals surface area contributed by atoms with E-state index in [2.05, 4.69) is 4.98 Å². The summed E-state index contributed by atoms with van der Waals surface area (Å²) in [6.45, 7) is 0. The molecule has 44 valence electrons. The van der Waals surface area contributed by atoms with Crippen molar-refractivity contribution in [3.8, 4) is 0 Å². The predicted octanol–water partition coefficient (Wildman–Crippen LogP) is 0.0502. The third kappa shape index (κ3) is 3.34. The normalized spacial score (nSPS) is 6.00. The van der Waals surface area contributed by atoms with Crippen molar-refractivity contribution in [3.63, 3.8) is 0 Å². The van der Waals surface area contributed by atoms with Gasteiger partial charge in [0, 0.05) is 12.4 Å².